The molecule has 2 bridgehead atoms. The van der Waals surface area contributed by atoms with Gasteiger partial charge in [-0.15, -0.1) is 0 Å². The minimum atomic E-state index is -0.0986. The third-order valence-corrected chi connectivity index (χ3v) is 4.48. The molecule has 4 atom stereocenters. The van der Waals surface area contributed by atoms with Gasteiger partial charge in [-0.25, -0.2) is 0 Å². The first kappa shape index (κ1) is 11.7. The van der Waals surface area contributed by atoms with Crippen LogP contribution >= 0.6 is 0 Å². The molecule has 18 heavy (non-hydrogen) atoms. The van der Waals surface area contributed by atoms with Crippen LogP contribution in [-0.2, 0) is 16.1 Å². The first-order valence-corrected chi connectivity index (χ1v) is 6.72. The summed E-state index contributed by atoms with van der Waals surface area (Å²) in [4.78, 5) is 12.1. The Bertz CT molecular complexity index is 429. The summed E-state index contributed by atoms with van der Waals surface area (Å²) in [7, 11) is 0. The molecule has 0 saturated heterocycles. The Morgan fingerprint density at radius 1 is 1.22 bits per heavy atom. The molecule has 0 aromatic heterocycles. The molecule has 2 aliphatic carbocycles. The normalized spacial score (nSPS) is 33.6. The average Bonchev–Trinajstić information content (AvgIpc) is 2.98. The Hall–Kier alpha value is -1.35. The highest BCUT2D eigenvalue weighted by Gasteiger charge is 2.49. The Kier molecular flexibility index (Phi) is 3.08. The number of hydrogen-bond acceptors (Lipinski definition) is 3. The second-order valence-corrected chi connectivity index (χ2v) is 5.53. The van der Waals surface area contributed by atoms with E-state index < -0.39 is 0 Å². The molecule has 3 rings (SSSR count). The maximum absolute atomic E-state index is 12.1. The topological polar surface area (TPSA) is 52.3 Å². The van der Waals surface area contributed by atoms with E-state index in [2.05, 4.69) is 0 Å². The molecule has 2 N–H and O–H groups in total. The van der Waals surface area contributed by atoms with Crippen molar-refractivity contribution >= 4 is 5.97 Å². The smallest absolute Gasteiger partial charge is 0.311 e. The van der Waals surface area contributed by atoms with Crippen LogP contribution in [0.25, 0.3) is 0 Å². The van der Waals surface area contributed by atoms with Crippen molar-refractivity contribution in [1.29, 1.82) is 0 Å². The van der Waals surface area contributed by atoms with E-state index in [9.17, 15) is 4.79 Å². The van der Waals surface area contributed by atoms with Gasteiger partial charge in [0.05, 0.1) is 5.92 Å². The zero-order chi connectivity index (χ0) is 12.5. The Morgan fingerprint density at radius 2 is 1.94 bits per heavy atom. The third kappa shape index (κ3) is 2.03. The largest absolute Gasteiger partial charge is 0.461 e. The van der Waals surface area contributed by atoms with Gasteiger partial charge in [-0.05, 0) is 36.7 Å². The first-order chi connectivity index (χ1) is 8.75. The molecule has 3 heteroatoms. The quantitative estimate of drug-likeness (QED) is 0.830. The number of esters is 1. The molecule has 3 nitrogen and oxygen atoms in total. The second-order valence-electron chi connectivity index (χ2n) is 5.53. The van der Waals surface area contributed by atoms with E-state index >= 15 is 0 Å². The number of carbonyl (C=O) groups is 1. The summed E-state index contributed by atoms with van der Waals surface area (Å²) < 4.78 is 5.42. The summed E-state index contributed by atoms with van der Waals surface area (Å²) in [5, 5.41) is 0. The Balaban J connectivity index is 1.59. The molecule has 0 amide bonds. The third-order valence-electron chi connectivity index (χ3n) is 4.48. The van der Waals surface area contributed by atoms with Crippen LogP contribution in [0.1, 0.15) is 24.8 Å². The van der Waals surface area contributed by atoms with Crippen LogP contribution in [-0.4, -0.2) is 12.0 Å². The summed E-state index contributed by atoms with van der Waals surface area (Å²) in [5.74, 6) is 0.851. The molecule has 2 aliphatic rings. The van der Waals surface area contributed by atoms with E-state index in [0.717, 1.165) is 18.4 Å². The number of benzene rings is 1. The fourth-order valence-electron chi connectivity index (χ4n) is 3.51. The fraction of sp³-hybridized carbons (Fsp3) is 0.533. The summed E-state index contributed by atoms with van der Waals surface area (Å²) in [6.07, 6.45) is 3.45. The van der Waals surface area contributed by atoms with Crippen LogP contribution in [0.3, 0.4) is 0 Å². The molecular formula is C15H19NO2. The van der Waals surface area contributed by atoms with Crippen LogP contribution in [0.4, 0.5) is 0 Å². The number of carbonyl (C=O) groups excluding carboxylic acids is 1. The zero-order valence-corrected chi connectivity index (χ0v) is 10.4. The highest BCUT2D eigenvalue weighted by molar-refractivity contribution is 5.74. The summed E-state index contributed by atoms with van der Waals surface area (Å²) in [6, 6.07) is 9.81. The minimum Gasteiger partial charge on any atom is -0.461 e. The number of fused-ring (bicyclic) bond motifs is 2. The van der Waals surface area contributed by atoms with Gasteiger partial charge in [0, 0.05) is 6.04 Å². The van der Waals surface area contributed by atoms with Gasteiger partial charge in [-0.3, -0.25) is 4.79 Å². The van der Waals surface area contributed by atoms with Gasteiger partial charge in [0.2, 0.25) is 0 Å². The van der Waals surface area contributed by atoms with Gasteiger partial charge in [0.1, 0.15) is 6.61 Å². The predicted molar refractivity (Wildman–Crippen MR) is 68.5 cm³/mol. The molecule has 2 fully saturated rings. The van der Waals surface area contributed by atoms with Crippen molar-refractivity contribution in [2.45, 2.75) is 31.9 Å². The first-order valence-electron chi connectivity index (χ1n) is 6.72. The van der Waals surface area contributed by atoms with Crippen LogP contribution in [0, 0.1) is 17.8 Å². The van der Waals surface area contributed by atoms with E-state index in [1.54, 1.807) is 0 Å². The Labute approximate surface area is 107 Å². The van der Waals surface area contributed by atoms with Crippen molar-refractivity contribution in [1.82, 2.24) is 0 Å². The van der Waals surface area contributed by atoms with Crippen molar-refractivity contribution in [2.75, 3.05) is 0 Å². The van der Waals surface area contributed by atoms with Crippen LogP contribution < -0.4 is 5.73 Å². The number of hydrogen-bond donors (Lipinski definition) is 1. The molecule has 0 unspecified atom stereocenters. The fourth-order valence-corrected chi connectivity index (χ4v) is 3.51. The summed E-state index contributed by atoms with van der Waals surface area (Å²) in [6.45, 7) is 0.361. The van der Waals surface area contributed by atoms with Gasteiger partial charge in [-0.2, -0.15) is 0 Å². The van der Waals surface area contributed by atoms with Gasteiger partial charge in [-0.1, -0.05) is 30.3 Å². The molecule has 96 valence electrons. The van der Waals surface area contributed by atoms with Crippen LogP contribution in [0.2, 0.25) is 0 Å². The lowest BCUT2D eigenvalue weighted by atomic mass is 9.85. The lowest BCUT2D eigenvalue weighted by Gasteiger charge is -2.26. The molecule has 0 heterocycles. The lowest BCUT2D eigenvalue weighted by Crippen LogP contribution is -2.40. The number of rotatable bonds is 3. The molecule has 1 aromatic carbocycles. The van der Waals surface area contributed by atoms with E-state index in [-0.39, 0.29) is 17.9 Å². The van der Waals surface area contributed by atoms with Crippen molar-refractivity contribution in [3.05, 3.63) is 35.9 Å². The maximum atomic E-state index is 12.1. The molecular weight excluding hydrogens is 226 g/mol. The van der Waals surface area contributed by atoms with E-state index in [1.165, 1.54) is 6.42 Å². The zero-order valence-electron chi connectivity index (χ0n) is 10.4. The second kappa shape index (κ2) is 4.73. The number of ether oxygens (including phenoxy) is 1. The monoisotopic (exact) mass is 245 g/mol. The summed E-state index contributed by atoms with van der Waals surface area (Å²) >= 11 is 0. The van der Waals surface area contributed by atoms with Crippen LogP contribution in [0.15, 0.2) is 30.3 Å². The molecule has 1 aromatic rings. The predicted octanol–water partition coefficient (Wildman–Crippen LogP) is 2.10. The van der Waals surface area contributed by atoms with E-state index in [0.29, 0.717) is 18.4 Å². The molecule has 0 spiro atoms. The standard InChI is InChI=1S/C15H19NO2/c16-14-12-7-6-11(8-12)13(14)15(17)18-9-10-4-2-1-3-5-10/h1-5,11-14H,6-9,16H2/t11-,12+,13-,14-/m0/s1. The average molecular weight is 245 g/mol. The van der Waals surface area contributed by atoms with Crippen LogP contribution in [0.5, 0.6) is 0 Å². The molecule has 0 radical (unpaired) electrons. The molecule has 0 aliphatic heterocycles. The van der Waals surface area contributed by atoms with Crippen molar-refractivity contribution in [3.63, 3.8) is 0 Å². The number of nitrogens with two attached hydrogens (primary N) is 1. The van der Waals surface area contributed by atoms with E-state index in [4.69, 9.17) is 10.5 Å². The van der Waals surface area contributed by atoms with Gasteiger partial charge >= 0.3 is 5.97 Å². The molecule has 2 saturated carbocycles. The van der Waals surface area contributed by atoms with Crippen molar-refractivity contribution < 1.29 is 9.53 Å². The SMILES string of the molecule is N[C@H]1[C@@H]2CC[C@@H](C2)[C@@H]1C(=O)OCc1ccccc1. The van der Waals surface area contributed by atoms with Gasteiger partial charge < -0.3 is 10.5 Å². The minimum absolute atomic E-state index is 0.0204. The van der Waals surface area contributed by atoms with Crippen molar-refractivity contribution in [3.8, 4) is 0 Å². The highest BCUT2D eigenvalue weighted by Crippen LogP contribution is 2.48. The van der Waals surface area contributed by atoms with Gasteiger partial charge in [0.25, 0.3) is 0 Å². The Morgan fingerprint density at radius 3 is 2.61 bits per heavy atom. The lowest BCUT2D eigenvalue weighted by molar-refractivity contribution is -0.152. The van der Waals surface area contributed by atoms with E-state index in [1.807, 2.05) is 30.3 Å². The summed E-state index contributed by atoms with van der Waals surface area (Å²) in [5.41, 5.74) is 7.16. The highest BCUT2D eigenvalue weighted by atomic mass is 16.5. The maximum Gasteiger partial charge on any atom is 0.311 e. The van der Waals surface area contributed by atoms with Crippen molar-refractivity contribution in [2.24, 2.45) is 23.5 Å². The van der Waals surface area contributed by atoms with Gasteiger partial charge in [0.15, 0.2) is 0 Å².